The van der Waals surface area contributed by atoms with Crippen LogP contribution in [0.4, 0.5) is 8.78 Å². The third-order valence-corrected chi connectivity index (χ3v) is 2.58. The van der Waals surface area contributed by atoms with Crippen molar-refractivity contribution in [2.75, 3.05) is 0 Å². The van der Waals surface area contributed by atoms with Crippen LogP contribution in [0.1, 0.15) is 28.2 Å². The number of hydrogen-bond donors (Lipinski definition) is 2. The maximum Gasteiger partial charge on any atom is 0.337 e. The van der Waals surface area contributed by atoms with E-state index in [2.05, 4.69) is 4.98 Å². The van der Waals surface area contributed by atoms with Gasteiger partial charge in [-0.1, -0.05) is 0 Å². The minimum Gasteiger partial charge on any atom is -0.478 e. The maximum atomic E-state index is 12.4. The molecule has 0 saturated heterocycles. The fourth-order valence-electron chi connectivity index (χ4n) is 1.04. The Labute approximate surface area is 97.6 Å². The summed E-state index contributed by atoms with van der Waals surface area (Å²) in [7, 11) is 0. The number of aromatic nitrogens is 1. The number of carboxylic acids is 1. The Bertz CT molecular complexity index is 398. The van der Waals surface area contributed by atoms with Gasteiger partial charge < -0.3 is 10.8 Å². The molecule has 1 rings (SSSR count). The van der Waals surface area contributed by atoms with Crippen LogP contribution in [-0.4, -0.2) is 16.1 Å². The monoisotopic (exact) mass is 328 g/mol. The van der Waals surface area contributed by atoms with E-state index in [4.69, 9.17) is 10.8 Å². The van der Waals surface area contributed by atoms with Crippen molar-refractivity contribution < 1.29 is 18.7 Å². The van der Waals surface area contributed by atoms with E-state index < -0.39 is 18.1 Å². The summed E-state index contributed by atoms with van der Waals surface area (Å²) in [6.07, 6.45) is -2.73. The number of alkyl halides is 2. The number of hydrogen-bond acceptors (Lipinski definition) is 3. The molecule has 0 fully saturated rings. The predicted octanol–water partition coefficient (Wildman–Crippen LogP) is 1.78. The highest BCUT2D eigenvalue weighted by Gasteiger charge is 2.19. The largest absolute Gasteiger partial charge is 0.478 e. The average molecular weight is 328 g/mol. The van der Waals surface area contributed by atoms with Crippen LogP contribution >= 0.6 is 22.6 Å². The van der Waals surface area contributed by atoms with Crippen LogP contribution in [0.25, 0.3) is 0 Å². The van der Waals surface area contributed by atoms with Crippen molar-refractivity contribution in [1.82, 2.24) is 4.98 Å². The van der Waals surface area contributed by atoms with Crippen molar-refractivity contribution >= 4 is 28.6 Å². The topological polar surface area (TPSA) is 76.2 Å². The molecule has 0 amide bonds. The van der Waals surface area contributed by atoms with Gasteiger partial charge in [-0.15, -0.1) is 0 Å². The molecule has 1 aromatic rings. The lowest BCUT2D eigenvalue weighted by Crippen LogP contribution is -2.12. The minimum absolute atomic E-state index is 0.0294. The van der Waals surface area contributed by atoms with Gasteiger partial charge in [0.05, 0.1) is 11.3 Å². The third kappa shape index (κ3) is 2.59. The summed E-state index contributed by atoms with van der Waals surface area (Å²) in [5, 5.41) is 8.76. The smallest absolute Gasteiger partial charge is 0.337 e. The van der Waals surface area contributed by atoms with E-state index in [1.54, 1.807) is 22.6 Å². The first-order valence-electron chi connectivity index (χ1n) is 3.88. The number of pyridine rings is 1. The second-order valence-corrected chi connectivity index (χ2v) is 3.82. The Balaban J connectivity index is 3.35. The van der Waals surface area contributed by atoms with Gasteiger partial charge in [-0.2, -0.15) is 0 Å². The normalized spacial score (nSPS) is 10.7. The van der Waals surface area contributed by atoms with E-state index >= 15 is 0 Å². The zero-order valence-electron chi connectivity index (χ0n) is 7.38. The molecule has 0 bridgehead atoms. The Morgan fingerprint density at radius 3 is 2.67 bits per heavy atom. The summed E-state index contributed by atoms with van der Waals surface area (Å²) in [6, 6.07) is 1.15. The van der Waals surface area contributed by atoms with Crippen molar-refractivity contribution in [3.05, 3.63) is 26.6 Å². The molecule has 0 aromatic carbocycles. The number of halogens is 3. The Hall–Kier alpha value is -0.830. The number of carbonyl (C=O) groups is 1. The number of nitrogens with two attached hydrogens (primary N) is 1. The van der Waals surface area contributed by atoms with E-state index in [-0.39, 0.29) is 21.4 Å². The lowest BCUT2D eigenvalue weighted by atomic mass is 10.1. The molecule has 4 nitrogen and oxygen atoms in total. The highest BCUT2D eigenvalue weighted by molar-refractivity contribution is 14.1. The second kappa shape index (κ2) is 4.79. The fourth-order valence-corrected chi connectivity index (χ4v) is 1.70. The van der Waals surface area contributed by atoms with Gasteiger partial charge in [0.15, 0.2) is 0 Å². The summed E-state index contributed by atoms with van der Waals surface area (Å²) >= 11 is 1.62. The SMILES string of the molecule is NCc1nc(C(F)F)c(I)cc1C(=O)O. The first-order chi connectivity index (χ1) is 6.97. The van der Waals surface area contributed by atoms with Gasteiger partial charge in [0.25, 0.3) is 6.43 Å². The zero-order chi connectivity index (χ0) is 11.6. The second-order valence-electron chi connectivity index (χ2n) is 2.66. The molecular formula is C8H7F2IN2O2. The van der Waals surface area contributed by atoms with Crippen molar-refractivity contribution in [3.63, 3.8) is 0 Å². The first-order valence-corrected chi connectivity index (χ1v) is 4.96. The van der Waals surface area contributed by atoms with Gasteiger partial charge in [-0.05, 0) is 28.7 Å². The molecule has 82 valence electrons. The number of nitrogens with zero attached hydrogens (tertiary/aromatic N) is 1. The van der Waals surface area contributed by atoms with Crippen molar-refractivity contribution in [1.29, 1.82) is 0 Å². The number of aromatic carboxylic acids is 1. The molecule has 0 aliphatic heterocycles. The van der Waals surface area contributed by atoms with Crippen molar-refractivity contribution in [2.45, 2.75) is 13.0 Å². The van der Waals surface area contributed by atoms with Crippen molar-refractivity contribution in [2.24, 2.45) is 5.73 Å². The summed E-state index contributed by atoms with van der Waals surface area (Å²) in [5.41, 5.74) is 4.64. The van der Waals surface area contributed by atoms with Gasteiger partial charge in [0.2, 0.25) is 0 Å². The molecule has 0 saturated carbocycles. The summed E-state index contributed by atoms with van der Waals surface area (Å²) in [4.78, 5) is 14.3. The molecule has 0 aliphatic rings. The molecule has 0 radical (unpaired) electrons. The Kier molecular flexibility index (Phi) is 3.91. The minimum atomic E-state index is -2.73. The summed E-state index contributed by atoms with van der Waals surface area (Å²) < 4.78 is 25.0. The molecule has 0 aliphatic carbocycles. The van der Waals surface area contributed by atoms with Crippen LogP contribution in [0, 0.1) is 3.57 Å². The molecule has 1 heterocycles. The lowest BCUT2D eigenvalue weighted by molar-refractivity contribution is 0.0694. The van der Waals surface area contributed by atoms with Crippen LogP contribution in [0.2, 0.25) is 0 Å². The molecule has 0 atom stereocenters. The van der Waals surface area contributed by atoms with Gasteiger partial charge in [-0.3, -0.25) is 0 Å². The third-order valence-electron chi connectivity index (χ3n) is 1.71. The molecule has 1 aromatic heterocycles. The van der Waals surface area contributed by atoms with Crippen LogP contribution < -0.4 is 5.73 Å². The fraction of sp³-hybridized carbons (Fsp3) is 0.250. The Morgan fingerprint density at radius 1 is 1.67 bits per heavy atom. The quantitative estimate of drug-likeness (QED) is 0.830. The van der Waals surface area contributed by atoms with Gasteiger partial charge in [0, 0.05) is 10.1 Å². The van der Waals surface area contributed by atoms with Gasteiger partial charge in [-0.25, -0.2) is 18.6 Å². The van der Waals surface area contributed by atoms with Crippen LogP contribution in [0.15, 0.2) is 6.07 Å². The molecular weight excluding hydrogens is 321 g/mol. The van der Waals surface area contributed by atoms with Crippen LogP contribution in [0.5, 0.6) is 0 Å². The average Bonchev–Trinajstić information content (AvgIpc) is 2.16. The maximum absolute atomic E-state index is 12.4. The van der Waals surface area contributed by atoms with E-state index in [9.17, 15) is 13.6 Å². The molecule has 15 heavy (non-hydrogen) atoms. The standard InChI is InChI=1S/C8H7F2IN2O2/c9-7(10)6-4(11)1-3(8(14)15)5(2-12)13-6/h1,7H,2,12H2,(H,14,15). The van der Waals surface area contributed by atoms with Crippen molar-refractivity contribution in [3.8, 4) is 0 Å². The number of rotatable bonds is 3. The van der Waals surface area contributed by atoms with E-state index in [1.807, 2.05) is 0 Å². The van der Waals surface area contributed by atoms with E-state index in [0.717, 1.165) is 6.07 Å². The van der Waals surface area contributed by atoms with Gasteiger partial charge >= 0.3 is 5.97 Å². The zero-order valence-corrected chi connectivity index (χ0v) is 9.53. The van der Waals surface area contributed by atoms with Crippen LogP contribution in [-0.2, 0) is 6.54 Å². The molecule has 7 heteroatoms. The summed E-state index contributed by atoms with van der Waals surface area (Å²) in [5.74, 6) is -1.22. The molecule has 3 N–H and O–H groups in total. The highest BCUT2D eigenvalue weighted by Crippen LogP contribution is 2.24. The first kappa shape index (κ1) is 12.2. The predicted molar refractivity (Wildman–Crippen MR) is 56.8 cm³/mol. The van der Waals surface area contributed by atoms with E-state index in [0.29, 0.717) is 0 Å². The van der Waals surface area contributed by atoms with E-state index in [1.165, 1.54) is 0 Å². The van der Waals surface area contributed by atoms with Crippen LogP contribution in [0.3, 0.4) is 0 Å². The molecule has 0 unspecified atom stereocenters. The van der Waals surface area contributed by atoms with Gasteiger partial charge in [0.1, 0.15) is 5.69 Å². The molecule has 0 spiro atoms. The Morgan fingerprint density at radius 2 is 2.27 bits per heavy atom. The lowest BCUT2D eigenvalue weighted by Gasteiger charge is -2.08. The number of carboxylic acid groups (broad SMARTS) is 1. The highest BCUT2D eigenvalue weighted by atomic mass is 127. The summed E-state index contributed by atoms with van der Waals surface area (Å²) in [6.45, 7) is -0.182.